The molecule has 0 aliphatic carbocycles. The van der Waals surface area contributed by atoms with Crippen LogP contribution in [0.25, 0.3) is 0 Å². The predicted octanol–water partition coefficient (Wildman–Crippen LogP) is 0.837. The van der Waals surface area contributed by atoms with Gasteiger partial charge in [0.15, 0.2) is 0 Å². The first-order chi connectivity index (χ1) is 5.99. The Balaban J connectivity index is 3.94. The van der Waals surface area contributed by atoms with Crippen LogP contribution in [0.4, 0.5) is 8.78 Å². The lowest BCUT2D eigenvalue weighted by atomic mass is 10.1. The molecule has 13 heavy (non-hydrogen) atoms. The molecule has 0 fully saturated rings. The summed E-state index contributed by atoms with van der Waals surface area (Å²) in [5.41, 5.74) is 5.47. The van der Waals surface area contributed by atoms with E-state index in [2.05, 4.69) is 0 Å². The molecule has 0 aromatic carbocycles. The van der Waals surface area contributed by atoms with E-state index in [1.165, 1.54) is 7.05 Å². The van der Waals surface area contributed by atoms with Crippen LogP contribution < -0.4 is 5.73 Å². The molecule has 1 atom stereocenters. The topological polar surface area (TPSA) is 46.3 Å². The molecule has 0 aromatic heterocycles. The molecule has 0 aromatic rings. The highest BCUT2D eigenvalue weighted by Gasteiger charge is 2.19. The van der Waals surface area contributed by atoms with E-state index in [1.54, 1.807) is 0 Å². The number of carbonyl (C=O) groups excluding carboxylic acids is 1. The third-order valence-corrected chi connectivity index (χ3v) is 1.70. The van der Waals surface area contributed by atoms with E-state index in [0.717, 1.165) is 11.3 Å². The summed E-state index contributed by atoms with van der Waals surface area (Å²) < 4.78 is 23.7. The molecule has 78 valence electrons. The zero-order valence-corrected chi connectivity index (χ0v) is 7.96. The highest BCUT2D eigenvalue weighted by molar-refractivity contribution is 5.81. The lowest BCUT2D eigenvalue weighted by Crippen LogP contribution is -2.43. The van der Waals surface area contributed by atoms with Crippen molar-refractivity contribution in [3.05, 3.63) is 0 Å². The summed E-state index contributed by atoms with van der Waals surface area (Å²) in [7, 11) is 1.34. The zero-order valence-electron chi connectivity index (χ0n) is 7.96. The second-order valence-corrected chi connectivity index (χ2v) is 3.01. The van der Waals surface area contributed by atoms with E-state index in [0.29, 0.717) is 6.42 Å². The molecule has 0 rings (SSSR count). The van der Waals surface area contributed by atoms with Crippen molar-refractivity contribution in [2.24, 2.45) is 5.73 Å². The number of halogens is 2. The number of amides is 1. The fraction of sp³-hybridized carbons (Fsp3) is 0.875. The maximum absolute atomic E-state index is 11.9. The van der Waals surface area contributed by atoms with Gasteiger partial charge in [-0.05, 0) is 6.42 Å². The summed E-state index contributed by atoms with van der Waals surface area (Å²) in [5, 5.41) is 0. The number of carbonyl (C=O) groups is 1. The van der Waals surface area contributed by atoms with Gasteiger partial charge in [0.25, 0.3) is 6.43 Å². The van der Waals surface area contributed by atoms with Crippen LogP contribution in [0.1, 0.15) is 19.8 Å². The van der Waals surface area contributed by atoms with E-state index in [4.69, 9.17) is 5.73 Å². The molecule has 1 amide bonds. The Morgan fingerprint density at radius 3 is 2.46 bits per heavy atom. The van der Waals surface area contributed by atoms with Crippen LogP contribution in [0.5, 0.6) is 0 Å². The van der Waals surface area contributed by atoms with Crippen LogP contribution in [-0.4, -0.2) is 36.9 Å². The summed E-state index contributed by atoms with van der Waals surface area (Å²) in [6.45, 7) is 1.34. The number of nitrogens with zero attached hydrogens (tertiary/aromatic N) is 1. The summed E-state index contributed by atoms with van der Waals surface area (Å²) in [4.78, 5) is 12.2. The Labute approximate surface area is 76.9 Å². The van der Waals surface area contributed by atoms with Gasteiger partial charge in [-0.1, -0.05) is 13.3 Å². The van der Waals surface area contributed by atoms with E-state index >= 15 is 0 Å². The van der Waals surface area contributed by atoms with Gasteiger partial charge in [-0.15, -0.1) is 0 Å². The molecule has 0 bridgehead atoms. The van der Waals surface area contributed by atoms with Gasteiger partial charge < -0.3 is 10.6 Å². The smallest absolute Gasteiger partial charge is 0.255 e. The molecule has 2 N–H and O–H groups in total. The van der Waals surface area contributed by atoms with Crippen molar-refractivity contribution in [2.75, 3.05) is 13.6 Å². The SMILES string of the molecule is CCCC(N)C(=O)N(C)CC(F)F. The molecule has 3 nitrogen and oxygen atoms in total. The predicted molar refractivity (Wildman–Crippen MR) is 46.5 cm³/mol. The molecule has 1 unspecified atom stereocenters. The first-order valence-corrected chi connectivity index (χ1v) is 4.27. The molecule has 0 saturated carbocycles. The monoisotopic (exact) mass is 194 g/mol. The number of hydrogen-bond donors (Lipinski definition) is 1. The van der Waals surface area contributed by atoms with Crippen LogP contribution in [0.2, 0.25) is 0 Å². The van der Waals surface area contributed by atoms with Gasteiger partial charge in [0.05, 0.1) is 12.6 Å². The number of alkyl halides is 2. The van der Waals surface area contributed by atoms with Crippen LogP contribution in [0.15, 0.2) is 0 Å². The van der Waals surface area contributed by atoms with Gasteiger partial charge in [0, 0.05) is 7.05 Å². The van der Waals surface area contributed by atoms with E-state index in [9.17, 15) is 13.6 Å². The Morgan fingerprint density at radius 2 is 2.08 bits per heavy atom. The van der Waals surface area contributed by atoms with Gasteiger partial charge in [-0.3, -0.25) is 4.79 Å². The van der Waals surface area contributed by atoms with E-state index < -0.39 is 24.9 Å². The zero-order chi connectivity index (χ0) is 10.4. The van der Waals surface area contributed by atoms with Gasteiger partial charge in [-0.25, -0.2) is 8.78 Å². The molecule has 0 heterocycles. The lowest BCUT2D eigenvalue weighted by molar-refractivity contribution is -0.133. The summed E-state index contributed by atoms with van der Waals surface area (Å²) in [6, 6.07) is -0.645. The second-order valence-electron chi connectivity index (χ2n) is 3.01. The Hall–Kier alpha value is -0.710. The van der Waals surface area contributed by atoms with Gasteiger partial charge in [0.2, 0.25) is 5.91 Å². The Bertz CT molecular complexity index is 164. The molecule has 0 saturated heterocycles. The first-order valence-electron chi connectivity index (χ1n) is 4.27. The molecule has 0 radical (unpaired) electrons. The van der Waals surface area contributed by atoms with Crippen molar-refractivity contribution in [1.82, 2.24) is 4.90 Å². The van der Waals surface area contributed by atoms with Crippen LogP contribution in [0, 0.1) is 0 Å². The summed E-state index contributed by atoms with van der Waals surface area (Å²) >= 11 is 0. The number of rotatable bonds is 5. The van der Waals surface area contributed by atoms with Crippen molar-refractivity contribution < 1.29 is 13.6 Å². The minimum absolute atomic E-state index is 0.415. The van der Waals surface area contributed by atoms with Crippen molar-refractivity contribution in [2.45, 2.75) is 32.2 Å². The van der Waals surface area contributed by atoms with Gasteiger partial charge >= 0.3 is 0 Å². The van der Waals surface area contributed by atoms with Crippen LogP contribution in [0.3, 0.4) is 0 Å². The fourth-order valence-electron chi connectivity index (χ4n) is 1.01. The van der Waals surface area contributed by atoms with Gasteiger partial charge in [0.1, 0.15) is 0 Å². The summed E-state index contributed by atoms with van der Waals surface area (Å²) in [5.74, 6) is -0.415. The average molecular weight is 194 g/mol. The minimum Gasteiger partial charge on any atom is -0.339 e. The number of nitrogens with two attached hydrogens (primary N) is 1. The van der Waals surface area contributed by atoms with Gasteiger partial charge in [-0.2, -0.15) is 0 Å². The maximum Gasteiger partial charge on any atom is 0.255 e. The number of likely N-dealkylation sites (N-methyl/N-ethyl adjacent to an activating group) is 1. The molecule has 0 spiro atoms. The highest BCUT2D eigenvalue weighted by Crippen LogP contribution is 2.01. The van der Waals surface area contributed by atoms with Crippen molar-refractivity contribution in [1.29, 1.82) is 0 Å². The van der Waals surface area contributed by atoms with E-state index in [-0.39, 0.29) is 0 Å². The Morgan fingerprint density at radius 1 is 1.54 bits per heavy atom. The third kappa shape index (κ3) is 4.77. The van der Waals surface area contributed by atoms with Crippen molar-refractivity contribution in [3.63, 3.8) is 0 Å². The van der Waals surface area contributed by atoms with E-state index in [1.807, 2.05) is 6.92 Å². The van der Waals surface area contributed by atoms with Crippen molar-refractivity contribution >= 4 is 5.91 Å². The maximum atomic E-state index is 11.9. The lowest BCUT2D eigenvalue weighted by Gasteiger charge is -2.20. The average Bonchev–Trinajstić information content (AvgIpc) is 2.02. The Kier molecular flexibility index (Phi) is 5.53. The minimum atomic E-state index is -2.50. The molecule has 5 heteroatoms. The standard InChI is InChI=1S/C8H16F2N2O/c1-3-4-6(11)8(13)12(2)5-7(9)10/h6-7H,3-5,11H2,1-2H3. The normalized spacial score (nSPS) is 13.1. The second kappa shape index (κ2) is 5.85. The fourth-order valence-corrected chi connectivity index (χ4v) is 1.01. The molecule has 0 aliphatic rings. The third-order valence-electron chi connectivity index (χ3n) is 1.70. The largest absolute Gasteiger partial charge is 0.339 e. The molecule has 0 aliphatic heterocycles. The first kappa shape index (κ1) is 12.3. The van der Waals surface area contributed by atoms with Crippen molar-refractivity contribution in [3.8, 4) is 0 Å². The molecular weight excluding hydrogens is 178 g/mol. The summed E-state index contributed by atoms with van der Waals surface area (Å²) in [6.07, 6.45) is -1.19. The quantitative estimate of drug-likeness (QED) is 0.704. The van der Waals surface area contributed by atoms with Crippen LogP contribution >= 0.6 is 0 Å². The number of hydrogen-bond acceptors (Lipinski definition) is 2. The highest BCUT2D eigenvalue weighted by atomic mass is 19.3. The van der Waals surface area contributed by atoms with Crippen LogP contribution in [-0.2, 0) is 4.79 Å². The molecular formula is C8H16F2N2O.